The molecule has 1 N–H and O–H groups in total. The molecule has 25 heavy (non-hydrogen) atoms. The van der Waals surface area contributed by atoms with Gasteiger partial charge in [0.05, 0.1) is 25.1 Å². The van der Waals surface area contributed by atoms with E-state index in [1.807, 2.05) is 24.3 Å². The summed E-state index contributed by atoms with van der Waals surface area (Å²) in [4.78, 5) is 25.1. The topological polar surface area (TPSA) is 80.0 Å². The summed E-state index contributed by atoms with van der Waals surface area (Å²) >= 11 is 0. The van der Waals surface area contributed by atoms with Crippen molar-refractivity contribution in [2.75, 3.05) is 20.2 Å². The molecule has 2 aromatic rings. The summed E-state index contributed by atoms with van der Waals surface area (Å²) in [5, 5.41) is 9.06. The van der Waals surface area contributed by atoms with Gasteiger partial charge in [-0.15, -0.1) is 0 Å². The molecule has 0 spiro atoms. The van der Waals surface area contributed by atoms with Gasteiger partial charge in [-0.25, -0.2) is 4.79 Å². The smallest absolute Gasteiger partial charge is 0.338 e. The zero-order chi connectivity index (χ0) is 17.8. The number of carbonyl (C=O) groups is 2. The third-order valence-electron chi connectivity index (χ3n) is 4.58. The van der Waals surface area contributed by atoms with Crippen molar-refractivity contribution < 1.29 is 23.8 Å². The Balaban J connectivity index is 1.70. The molecule has 0 aliphatic carbocycles. The van der Waals surface area contributed by atoms with Gasteiger partial charge in [-0.05, 0) is 44.1 Å². The van der Waals surface area contributed by atoms with Crippen LogP contribution in [0.5, 0.6) is 0 Å². The van der Waals surface area contributed by atoms with Crippen molar-refractivity contribution >= 4 is 11.9 Å². The van der Waals surface area contributed by atoms with Crippen LogP contribution in [0.1, 0.15) is 29.0 Å². The van der Waals surface area contributed by atoms with Gasteiger partial charge >= 0.3 is 11.9 Å². The first-order valence-electron chi connectivity index (χ1n) is 8.30. The van der Waals surface area contributed by atoms with E-state index in [0.29, 0.717) is 36.3 Å². The van der Waals surface area contributed by atoms with Crippen LogP contribution in [0.2, 0.25) is 0 Å². The van der Waals surface area contributed by atoms with Gasteiger partial charge in [0.25, 0.3) is 0 Å². The zero-order valence-electron chi connectivity index (χ0n) is 14.1. The van der Waals surface area contributed by atoms with Gasteiger partial charge in [-0.3, -0.25) is 9.69 Å². The SMILES string of the molecule is COC(=O)c1ccccc1-c1ccc(CN2CCC(C(=O)O)CC2)o1. The quantitative estimate of drug-likeness (QED) is 0.841. The number of nitrogens with zero attached hydrogens (tertiary/aromatic N) is 1. The molecule has 1 aliphatic heterocycles. The van der Waals surface area contributed by atoms with E-state index in [1.54, 1.807) is 12.1 Å². The Morgan fingerprint density at radius 2 is 1.92 bits per heavy atom. The molecule has 0 saturated carbocycles. The van der Waals surface area contributed by atoms with Crippen molar-refractivity contribution in [2.24, 2.45) is 5.92 Å². The number of piperidine rings is 1. The van der Waals surface area contributed by atoms with Crippen molar-refractivity contribution in [3.8, 4) is 11.3 Å². The van der Waals surface area contributed by atoms with Crippen LogP contribution < -0.4 is 0 Å². The second-order valence-electron chi connectivity index (χ2n) is 6.19. The summed E-state index contributed by atoms with van der Waals surface area (Å²) in [6.45, 7) is 2.12. The minimum atomic E-state index is -0.709. The van der Waals surface area contributed by atoms with E-state index in [9.17, 15) is 9.59 Å². The second kappa shape index (κ2) is 7.53. The second-order valence-corrected chi connectivity index (χ2v) is 6.19. The highest BCUT2D eigenvalue weighted by Gasteiger charge is 2.25. The van der Waals surface area contributed by atoms with Gasteiger partial charge < -0.3 is 14.3 Å². The van der Waals surface area contributed by atoms with Crippen molar-refractivity contribution in [1.29, 1.82) is 0 Å². The molecule has 1 aromatic heterocycles. The lowest BCUT2D eigenvalue weighted by molar-refractivity contribution is -0.143. The number of likely N-dealkylation sites (tertiary alicyclic amines) is 1. The lowest BCUT2D eigenvalue weighted by Crippen LogP contribution is -2.35. The highest BCUT2D eigenvalue weighted by atomic mass is 16.5. The average molecular weight is 343 g/mol. The number of aliphatic carboxylic acids is 1. The van der Waals surface area contributed by atoms with Crippen LogP contribution in [-0.4, -0.2) is 42.1 Å². The molecule has 0 atom stereocenters. The van der Waals surface area contributed by atoms with Crippen LogP contribution >= 0.6 is 0 Å². The highest BCUT2D eigenvalue weighted by molar-refractivity contribution is 5.96. The van der Waals surface area contributed by atoms with Crippen molar-refractivity contribution in [1.82, 2.24) is 4.90 Å². The molecule has 6 nitrogen and oxygen atoms in total. The zero-order valence-corrected chi connectivity index (χ0v) is 14.1. The van der Waals surface area contributed by atoms with Gasteiger partial charge in [-0.1, -0.05) is 18.2 Å². The molecule has 0 unspecified atom stereocenters. The number of hydrogen-bond donors (Lipinski definition) is 1. The van der Waals surface area contributed by atoms with Gasteiger partial charge in [0.15, 0.2) is 0 Å². The first kappa shape index (κ1) is 17.2. The monoisotopic (exact) mass is 343 g/mol. The summed E-state index contributed by atoms with van der Waals surface area (Å²) in [5.41, 5.74) is 1.17. The highest BCUT2D eigenvalue weighted by Crippen LogP contribution is 2.27. The maximum Gasteiger partial charge on any atom is 0.338 e. The third kappa shape index (κ3) is 3.91. The van der Waals surface area contributed by atoms with Crippen LogP contribution in [0.15, 0.2) is 40.8 Å². The molecular weight excluding hydrogens is 322 g/mol. The number of furan rings is 1. The van der Waals surface area contributed by atoms with Crippen molar-refractivity contribution in [3.63, 3.8) is 0 Å². The van der Waals surface area contributed by atoms with Gasteiger partial charge in [0, 0.05) is 5.56 Å². The number of carbonyl (C=O) groups excluding carboxylic acids is 1. The van der Waals surface area contributed by atoms with E-state index < -0.39 is 11.9 Å². The van der Waals surface area contributed by atoms with E-state index in [1.165, 1.54) is 7.11 Å². The maximum absolute atomic E-state index is 11.9. The molecule has 0 bridgehead atoms. The van der Waals surface area contributed by atoms with Crippen LogP contribution in [0, 0.1) is 5.92 Å². The van der Waals surface area contributed by atoms with Gasteiger partial charge in [0.1, 0.15) is 11.5 Å². The Labute approximate surface area is 146 Å². The third-order valence-corrected chi connectivity index (χ3v) is 4.58. The Morgan fingerprint density at radius 3 is 2.60 bits per heavy atom. The van der Waals surface area contributed by atoms with E-state index in [2.05, 4.69) is 4.90 Å². The molecule has 2 heterocycles. The molecule has 3 rings (SSSR count). The lowest BCUT2D eigenvalue weighted by atomic mass is 9.97. The Morgan fingerprint density at radius 1 is 1.20 bits per heavy atom. The molecule has 0 amide bonds. The average Bonchev–Trinajstić information content (AvgIpc) is 3.10. The Kier molecular flexibility index (Phi) is 5.19. The van der Waals surface area contributed by atoms with Crippen LogP contribution in [0.25, 0.3) is 11.3 Å². The molecule has 1 fully saturated rings. The molecule has 1 saturated heterocycles. The number of carboxylic acids is 1. The van der Waals surface area contributed by atoms with Crippen molar-refractivity contribution in [3.05, 3.63) is 47.7 Å². The maximum atomic E-state index is 11.9. The molecular formula is C19H21NO5. The van der Waals surface area contributed by atoms with Crippen LogP contribution in [0.4, 0.5) is 0 Å². The fourth-order valence-electron chi connectivity index (χ4n) is 3.15. The Hall–Kier alpha value is -2.60. The number of ether oxygens (including phenoxy) is 1. The molecule has 1 aromatic carbocycles. The molecule has 6 heteroatoms. The van der Waals surface area contributed by atoms with Crippen LogP contribution in [0.3, 0.4) is 0 Å². The molecule has 0 radical (unpaired) electrons. The Bertz CT molecular complexity index is 759. The first-order chi connectivity index (χ1) is 12.1. The van der Waals surface area contributed by atoms with Crippen LogP contribution in [-0.2, 0) is 16.1 Å². The number of methoxy groups -OCH3 is 1. The summed E-state index contributed by atoms with van der Waals surface area (Å²) in [7, 11) is 1.35. The van der Waals surface area contributed by atoms with Gasteiger partial charge in [0.2, 0.25) is 0 Å². The minimum absolute atomic E-state index is 0.240. The number of hydrogen-bond acceptors (Lipinski definition) is 5. The first-order valence-corrected chi connectivity index (χ1v) is 8.30. The van der Waals surface area contributed by atoms with E-state index in [-0.39, 0.29) is 5.92 Å². The number of rotatable bonds is 5. The summed E-state index contributed by atoms with van der Waals surface area (Å²) < 4.78 is 10.7. The number of benzene rings is 1. The largest absolute Gasteiger partial charge is 0.481 e. The predicted octanol–water partition coefficient (Wildman–Crippen LogP) is 3.03. The summed E-state index contributed by atoms with van der Waals surface area (Å²) in [6.07, 6.45) is 1.32. The standard InChI is InChI=1S/C19H21NO5/c1-24-19(23)16-5-3-2-4-15(16)17-7-6-14(25-17)12-20-10-8-13(9-11-20)18(21)22/h2-7,13H,8-12H2,1H3,(H,21,22). The van der Waals surface area contributed by atoms with E-state index in [0.717, 1.165) is 18.8 Å². The number of carboxylic acid groups (broad SMARTS) is 1. The summed E-state index contributed by atoms with van der Waals surface area (Å²) in [5.74, 6) is 0.0684. The van der Waals surface area contributed by atoms with Gasteiger partial charge in [-0.2, -0.15) is 0 Å². The molecule has 132 valence electrons. The summed E-state index contributed by atoms with van der Waals surface area (Å²) in [6, 6.07) is 10.9. The van der Waals surface area contributed by atoms with Crippen molar-refractivity contribution in [2.45, 2.75) is 19.4 Å². The van der Waals surface area contributed by atoms with E-state index in [4.69, 9.17) is 14.3 Å². The lowest BCUT2D eigenvalue weighted by Gasteiger charge is -2.29. The normalized spacial score (nSPS) is 15.9. The molecule has 1 aliphatic rings. The minimum Gasteiger partial charge on any atom is -0.481 e. The fraction of sp³-hybridized carbons (Fsp3) is 0.368. The van der Waals surface area contributed by atoms with E-state index >= 15 is 0 Å². The predicted molar refractivity (Wildman–Crippen MR) is 91.1 cm³/mol. The number of esters is 1. The fourth-order valence-corrected chi connectivity index (χ4v) is 3.15.